The lowest BCUT2D eigenvalue weighted by Crippen LogP contribution is -2.10. The predicted molar refractivity (Wildman–Crippen MR) is 245 cm³/mol. The zero-order valence-corrected chi connectivity index (χ0v) is 31.7. The van der Waals surface area contributed by atoms with Crippen molar-refractivity contribution < 1.29 is 4.42 Å². The minimum absolute atomic E-state index is 0.879. The maximum atomic E-state index is 6.21. The molecule has 0 unspecified atom stereocenters. The summed E-state index contributed by atoms with van der Waals surface area (Å²) in [4.78, 5) is 2.38. The zero-order chi connectivity index (χ0) is 38.4. The summed E-state index contributed by atoms with van der Waals surface area (Å²) >= 11 is 0. The summed E-state index contributed by atoms with van der Waals surface area (Å²) in [7, 11) is 0. The van der Waals surface area contributed by atoms with E-state index in [0.29, 0.717) is 0 Å². The Bertz CT molecular complexity index is 3250. The summed E-state index contributed by atoms with van der Waals surface area (Å²) in [6, 6.07) is 80.8. The topological polar surface area (TPSA) is 16.4 Å². The highest BCUT2D eigenvalue weighted by molar-refractivity contribution is 6.08. The quantitative estimate of drug-likeness (QED) is 0.151. The van der Waals surface area contributed by atoms with E-state index in [0.717, 1.165) is 44.9 Å². The molecule has 0 saturated carbocycles. The van der Waals surface area contributed by atoms with Crippen molar-refractivity contribution in [3.05, 3.63) is 224 Å². The van der Waals surface area contributed by atoms with Gasteiger partial charge in [-0.05, 0) is 132 Å². The van der Waals surface area contributed by atoms with Gasteiger partial charge in [0.05, 0.1) is 0 Å². The first-order chi connectivity index (χ1) is 28.7. The molecule has 272 valence electrons. The SMILES string of the molecule is c1ccc(-c2cccc(-c3ccc(N(c4ccc5cc(-c6cccc(-c7cc8ccccc8o7)c6)ccc5c4)c4ccc5c(ccc6ccccc65)c4)cc3)c2)cc1. The molecule has 0 radical (unpaired) electrons. The Kier molecular flexibility index (Phi) is 8.19. The first-order valence-electron chi connectivity index (χ1n) is 19.8. The van der Waals surface area contributed by atoms with Gasteiger partial charge in [-0.2, -0.15) is 0 Å². The second-order valence-electron chi connectivity index (χ2n) is 15.0. The van der Waals surface area contributed by atoms with Crippen molar-refractivity contribution in [3.8, 4) is 44.7 Å². The Hall–Kier alpha value is -7.68. The van der Waals surface area contributed by atoms with Gasteiger partial charge in [-0.1, -0.05) is 158 Å². The van der Waals surface area contributed by atoms with E-state index in [1.807, 2.05) is 18.2 Å². The van der Waals surface area contributed by atoms with Crippen LogP contribution in [0, 0.1) is 0 Å². The van der Waals surface area contributed by atoms with Crippen LogP contribution < -0.4 is 4.90 Å². The smallest absolute Gasteiger partial charge is 0.135 e. The first kappa shape index (κ1) is 33.6. The van der Waals surface area contributed by atoms with Crippen molar-refractivity contribution in [3.63, 3.8) is 0 Å². The number of anilines is 3. The molecule has 0 aliphatic rings. The maximum Gasteiger partial charge on any atom is 0.135 e. The molecule has 58 heavy (non-hydrogen) atoms. The average molecular weight is 740 g/mol. The highest BCUT2D eigenvalue weighted by Gasteiger charge is 2.16. The van der Waals surface area contributed by atoms with Crippen LogP contribution in [0.2, 0.25) is 0 Å². The van der Waals surface area contributed by atoms with Gasteiger partial charge >= 0.3 is 0 Å². The number of fused-ring (bicyclic) bond motifs is 5. The molecule has 0 aliphatic heterocycles. The standard InChI is InChI=1S/C56H37NO/c1-2-10-38(11-3-1)41-14-8-15-42(32-41)39-24-27-50(28-25-39)57(52-30-31-54-47(36-52)23-20-40-12-4-6-18-53(40)54)51-29-26-45-33-44(21-22-46(45)35-51)43-16-9-17-48(34-43)56-37-49-13-5-7-19-55(49)58-56/h1-37H. The lowest BCUT2D eigenvalue weighted by molar-refractivity contribution is 0.631. The molecular formula is C56H37NO. The van der Waals surface area contributed by atoms with Crippen LogP contribution in [0.1, 0.15) is 0 Å². The molecule has 2 nitrogen and oxygen atoms in total. The molecule has 0 saturated heterocycles. The molecule has 0 atom stereocenters. The van der Waals surface area contributed by atoms with Crippen molar-refractivity contribution in [2.24, 2.45) is 0 Å². The molecule has 0 spiro atoms. The van der Waals surface area contributed by atoms with Crippen LogP contribution in [-0.2, 0) is 0 Å². The molecule has 11 aromatic rings. The minimum atomic E-state index is 0.879. The van der Waals surface area contributed by atoms with Crippen LogP contribution >= 0.6 is 0 Å². The van der Waals surface area contributed by atoms with Crippen LogP contribution in [0.4, 0.5) is 17.1 Å². The van der Waals surface area contributed by atoms with Gasteiger partial charge in [0.25, 0.3) is 0 Å². The van der Waals surface area contributed by atoms with Gasteiger partial charge in [0.2, 0.25) is 0 Å². The Morgan fingerprint density at radius 1 is 0.259 bits per heavy atom. The van der Waals surface area contributed by atoms with Gasteiger partial charge in [-0.15, -0.1) is 0 Å². The van der Waals surface area contributed by atoms with E-state index in [1.165, 1.54) is 60.1 Å². The van der Waals surface area contributed by atoms with E-state index in [4.69, 9.17) is 4.42 Å². The average Bonchev–Trinajstić information content (AvgIpc) is 3.74. The Balaban J connectivity index is 0.975. The van der Waals surface area contributed by atoms with Crippen LogP contribution in [-0.4, -0.2) is 0 Å². The second kappa shape index (κ2) is 14.1. The second-order valence-corrected chi connectivity index (χ2v) is 15.0. The molecule has 0 bridgehead atoms. The molecule has 0 amide bonds. The van der Waals surface area contributed by atoms with Crippen LogP contribution in [0.25, 0.3) is 88.0 Å². The van der Waals surface area contributed by atoms with Gasteiger partial charge in [0.1, 0.15) is 11.3 Å². The third-order valence-electron chi connectivity index (χ3n) is 11.4. The van der Waals surface area contributed by atoms with E-state index < -0.39 is 0 Å². The van der Waals surface area contributed by atoms with Crippen LogP contribution in [0.3, 0.4) is 0 Å². The number of rotatable bonds is 7. The Morgan fingerprint density at radius 2 is 0.759 bits per heavy atom. The first-order valence-corrected chi connectivity index (χ1v) is 19.8. The van der Waals surface area contributed by atoms with E-state index in [2.05, 4.69) is 211 Å². The number of benzene rings is 10. The van der Waals surface area contributed by atoms with Gasteiger partial charge in [0.15, 0.2) is 0 Å². The largest absolute Gasteiger partial charge is 0.456 e. The summed E-state index contributed by atoms with van der Waals surface area (Å²) < 4.78 is 6.21. The summed E-state index contributed by atoms with van der Waals surface area (Å²) in [6.45, 7) is 0. The van der Waals surface area contributed by atoms with Crippen molar-refractivity contribution in [1.82, 2.24) is 0 Å². The highest BCUT2D eigenvalue weighted by Crippen LogP contribution is 2.40. The molecule has 11 rings (SSSR count). The van der Waals surface area contributed by atoms with Crippen molar-refractivity contribution in [1.29, 1.82) is 0 Å². The van der Waals surface area contributed by atoms with E-state index in [1.54, 1.807) is 0 Å². The zero-order valence-electron chi connectivity index (χ0n) is 31.7. The number of hydrogen-bond donors (Lipinski definition) is 0. The highest BCUT2D eigenvalue weighted by atomic mass is 16.3. The van der Waals surface area contributed by atoms with Gasteiger partial charge < -0.3 is 9.32 Å². The monoisotopic (exact) mass is 739 g/mol. The molecule has 2 heteroatoms. The summed E-state index contributed by atoms with van der Waals surface area (Å²) in [5.41, 5.74) is 12.4. The van der Waals surface area contributed by atoms with Gasteiger partial charge in [-0.25, -0.2) is 0 Å². The van der Waals surface area contributed by atoms with Gasteiger partial charge in [-0.3, -0.25) is 0 Å². The fourth-order valence-electron chi connectivity index (χ4n) is 8.43. The van der Waals surface area contributed by atoms with E-state index >= 15 is 0 Å². The Morgan fingerprint density at radius 3 is 1.57 bits per heavy atom. The van der Waals surface area contributed by atoms with Crippen LogP contribution in [0.5, 0.6) is 0 Å². The number of nitrogens with zero attached hydrogens (tertiary/aromatic N) is 1. The molecule has 10 aromatic carbocycles. The lowest BCUT2D eigenvalue weighted by Gasteiger charge is -2.26. The van der Waals surface area contributed by atoms with E-state index in [-0.39, 0.29) is 0 Å². The van der Waals surface area contributed by atoms with Crippen molar-refractivity contribution in [2.45, 2.75) is 0 Å². The van der Waals surface area contributed by atoms with Gasteiger partial charge in [0, 0.05) is 28.0 Å². The maximum absolute atomic E-state index is 6.21. The van der Waals surface area contributed by atoms with Crippen LogP contribution in [0.15, 0.2) is 229 Å². The summed E-state index contributed by atoms with van der Waals surface area (Å²) in [5.74, 6) is 0.879. The third-order valence-corrected chi connectivity index (χ3v) is 11.4. The fourth-order valence-corrected chi connectivity index (χ4v) is 8.43. The molecular weight excluding hydrogens is 703 g/mol. The molecule has 0 N–H and O–H groups in total. The molecule has 0 aliphatic carbocycles. The predicted octanol–water partition coefficient (Wildman–Crippen LogP) is 16.0. The molecule has 1 heterocycles. The number of furan rings is 1. The number of para-hydroxylation sites is 1. The number of hydrogen-bond acceptors (Lipinski definition) is 2. The third kappa shape index (κ3) is 6.18. The fraction of sp³-hybridized carbons (Fsp3) is 0. The minimum Gasteiger partial charge on any atom is -0.456 e. The summed E-state index contributed by atoms with van der Waals surface area (Å²) in [5, 5.41) is 8.47. The van der Waals surface area contributed by atoms with Crippen molar-refractivity contribution in [2.75, 3.05) is 4.90 Å². The summed E-state index contributed by atoms with van der Waals surface area (Å²) in [6.07, 6.45) is 0. The molecule has 0 fully saturated rings. The Labute approximate surface area is 337 Å². The molecule has 1 aromatic heterocycles. The normalized spacial score (nSPS) is 11.4. The van der Waals surface area contributed by atoms with E-state index in [9.17, 15) is 0 Å². The van der Waals surface area contributed by atoms with Crippen molar-refractivity contribution >= 4 is 60.3 Å². The lowest BCUT2D eigenvalue weighted by atomic mass is 9.98.